The van der Waals surface area contributed by atoms with Gasteiger partial charge in [0.1, 0.15) is 0 Å². The van der Waals surface area contributed by atoms with Crippen molar-refractivity contribution in [3.63, 3.8) is 0 Å². The van der Waals surface area contributed by atoms with Gasteiger partial charge < -0.3 is 5.11 Å². The van der Waals surface area contributed by atoms with Gasteiger partial charge in [0.15, 0.2) is 0 Å². The van der Waals surface area contributed by atoms with E-state index in [-0.39, 0.29) is 11.2 Å². The maximum atomic E-state index is 7.86. The van der Waals surface area contributed by atoms with Gasteiger partial charge in [-0.05, 0) is 76.4 Å². The standard InChI is InChI=1S/C24H34.C15H24.C3H6O/c1-7-23(3,4)22(21-16-12-9-13-17-21)18-24(5,6)19(2)20-14-10-8-11-15-20;1-12(2)14(11-15(3,4)5)13-9-7-6-8-10-13;1-3(2)4/h8-17,19,22H,7,18H2,1-6H3;6-10,12,14H,11H2,1-5H3;4H,1H2,2H3. The van der Waals surface area contributed by atoms with Gasteiger partial charge in [-0.15, -0.1) is 0 Å². The Balaban J connectivity index is 0.000000415. The first-order valence-electron chi connectivity index (χ1n) is 16.4. The molecule has 0 saturated heterocycles. The third-order valence-corrected chi connectivity index (χ3v) is 9.12. The Morgan fingerprint density at radius 3 is 1.35 bits per heavy atom. The van der Waals surface area contributed by atoms with Crippen molar-refractivity contribution in [1.29, 1.82) is 0 Å². The molecule has 0 bridgehead atoms. The van der Waals surface area contributed by atoms with Crippen LogP contribution in [-0.4, -0.2) is 5.11 Å². The molecule has 1 nitrogen and oxygen atoms in total. The summed E-state index contributed by atoms with van der Waals surface area (Å²) in [6.45, 7) is 30.7. The molecule has 0 fully saturated rings. The van der Waals surface area contributed by atoms with E-state index in [1.807, 2.05) is 0 Å². The highest BCUT2D eigenvalue weighted by Gasteiger charge is 2.37. The molecule has 0 aromatic heterocycles. The predicted molar refractivity (Wildman–Crippen MR) is 192 cm³/mol. The highest BCUT2D eigenvalue weighted by Crippen LogP contribution is 2.49. The molecule has 3 aromatic rings. The van der Waals surface area contributed by atoms with Crippen molar-refractivity contribution in [2.24, 2.45) is 22.2 Å². The molecule has 3 rings (SSSR count). The van der Waals surface area contributed by atoms with Crippen LogP contribution in [0.5, 0.6) is 0 Å². The van der Waals surface area contributed by atoms with Crippen molar-refractivity contribution in [2.75, 3.05) is 0 Å². The van der Waals surface area contributed by atoms with Crippen LogP contribution in [0.2, 0.25) is 0 Å². The van der Waals surface area contributed by atoms with Gasteiger partial charge in [0.05, 0.1) is 5.76 Å². The predicted octanol–water partition coefficient (Wildman–Crippen LogP) is 13.4. The zero-order valence-corrected chi connectivity index (χ0v) is 29.7. The molecule has 43 heavy (non-hydrogen) atoms. The second kappa shape index (κ2) is 17.5. The Morgan fingerprint density at radius 1 is 0.628 bits per heavy atom. The molecule has 0 amide bonds. The van der Waals surface area contributed by atoms with Crippen LogP contribution in [0.25, 0.3) is 0 Å². The lowest BCUT2D eigenvalue weighted by Crippen LogP contribution is -2.30. The number of aliphatic hydroxyl groups is 1. The third kappa shape index (κ3) is 14.0. The molecular formula is C42H64O. The number of allylic oxidation sites excluding steroid dienone is 1. The molecule has 0 aliphatic carbocycles. The van der Waals surface area contributed by atoms with Gasteiger partial charge >= 0.3 is 0 Å². The van der Waals surface area contributed by atoms with E-state index in [1.54, 1.807) is 0 Å². The smallest absolute Gasteiger partial charge is 0.0820 e. The van der Waals surface area contributed by atoms with E-state index in [0.717, 1.165) is 0 Å². The normalized spacial score (nSPS) is 14.0. The molecule has 3 aromatic carbocycles. The van der Waals surface area contributed by atoms with Gasteiger partial charge in [-0.3, -0.25) is 0 Å². The summed E-state index contributed by atoms with van der Waals surface area (Å²) < 4.78 is 0. The lowest BCUT2D eigenvalue weighted by Gasteiger charge is -2.42. The van der Waals surface area contributed by atoms with Crippen LogP contribution in [0.1, 0.15) is 137 Å². The first-order chi connectivity index (χ1) is 19.9. The molecule has 0 aliphatic heterocycles. The van der Waals surface area contributed by atoms with E-state index >= 15 is 0 Å². The molecule has 0 spiro atoms. The van der Waals surface area contributed by atoms with E-state index < -0.39 is 0 Å². The van der Waals surface area contributed by atoms with Crippen LogP contribution in [0.3, 0.4) is 0 Å². The minimum absolute atomic E-state index is 0.167. The summed E-state index contributed by atoms with van der Waals surface area (Å²) in [5, 5.41) is 7.86. The molecular weight excluding hydrogens is 520 g/mol. The first kappa shape index (κ1) is 38.2. The van der Waals surface area contributed by atoms with Gasteiger partial charge in [-0.2, -0.15) is 0 Å². The largest absolute Gasteiger partial charge is 0.513 e. The number of hydrogen-bond donors (Lipinski definition) is 1. The van der Waals surface area contributed by atoms with E-state index in [0.29, 0.717) is 34.5 Å². The minimum Gasteiger partial charge on any atom is -0.513 e. The van der Waals surface area contributed by atoms with Crippen molar-refractivity contribution >= 4 is 0 Å². The SMILES string of the molecule is C=C(C)O.CC(C)C(CC(C)(C)C)c1ccccc1.CCC(C)(C)C(CC(C)(C)C(C)c1ccccc1)c1ccccc1. The van der Waals surface area contributed by atoms with Crippen LogP contribution in [-0.2, 0) is 0 Å². The Morgan fingerprint density at radius 2 is 1.00 bits per heavy atom. The molecule has 3 unspecified atom stereocenters. The van der Waals surface area contributed by atoms with Gasteiger partial charge in [-0.25, -0.2) is 0 Å². The summed E-state index contributed by atoms with van der Waals surface area (Å²) in [4.78, 5) is 0. The number of benzene rings is 3. The molecule has 1 N–H and O–H groups in total. The number of rotatable bonds is 10. The second-order valence-electron chi connectivity index (χ2n) is 15.4. The highest BCUT2D eigenvalue weighted by molar-refractivity contribution is 5.25. The summed E-state index contributed by atoms with van der Waals surface area (Å²) >= 11 is 0. The molecule has 1 heteroatoms. The van der Waals surface area contributed by atoms with E-state index in [9.17, 15) is 0 Å². The van der Waals surface area contributed by atoms with Crippen molar-refractivity contribution < 1.29 is 5.11 Å². The minimum atomic E-state index is 0.167. The van der Waals surface area contributed by atoms with Crippen LogP contribution < -0.4 is 0 Å². The Hall–Kier alpha value is -2.80. The Labute approximate surface area is 266 Å². The summed E-state index contributed by atoms with van der Waals surface area (Å²) in [6.07, 6.45) is 3.66. The second-order valence-corrected chi connectivity index (χ2v) is 15.4. The number of hydrogen-bond acceptors (Lipinski definition) is 1. The highest BCUT2D eigenvalue weighted by atomic mass is 16.3. The van der Waals surface area contributed by atoms with Crippen molar-refractivity contribution in [3.05, 3.63) is 120 Å². The van der Waals surface area contributed by atoms with Crippen molar-refractivity contribution in [3.8, 4) is 0 Å². The van der Waals surface area contributed by atoms with Crippen molar-refractivity contribution in [2.45, 2.75) is 120 Å². The fourth-order valence-corrected chi connectivity index (χ4v) is 5.77. The molecule has 3 atom stereocenters. The van der Waals surface area contributed by atoms with E-state index in [2.05, 4.69) is 174 Å². The lowest BCUT2D eigenvalue weighted by atomic mass is 9.63. The average Bonchev–Trinajstić information content (AvgIpc) is 2.95. The monoisotopic (exact) mass is 584 g/mol. The maximum absolute atomic E-state index is 7.86. The fourth-order valence-electron chi connectivity index (χ4n) is 5.77. The summed E-state index contributed by atoms with van der Waals surface area (Å²) in [6, 6.07) is 33.0. The summed E-state index contributed by atoms with van der Waals surface area (Å²) in [5.41, 5.74) is 5.37. The van der Waals surface area contributed by atoms with Crippen LogP contribution >= 0.6 is 0 Å². The number of aliphatic hydroxyl groups excluding tert-OH is 1. The average molecular weight is 585 g/mol. The van der Waals surface area contributed by atoms with Crippen molar-refractivity contribution in [1.82, 2.24) is 0 Å². The van der Waals surface area contributed by atoms with E-state index in [4.69, 9.17) is 5.11 Å². The molecule has 238 valence electrons. The Kier molecular flexibility index (Phi) is 15.5. The summed E-state index contributed by atoms with van der Waals surface area (Å²) in [5.74, 6) is 2.68. The lowest BCUT2D eigenvalue weighted by molar-refractivity contribution is 0.171. The Bertz CT molecular complexity index is 1150. The molecule has 0 heterocycles. The van der Waals surface area contributed by atoms with Crippen LogP contribution in [0.4, 0.5) is 0 Å². The zero-order chi connectivity index (χ0) is 32.8. The van der Waals surface area contributed by atoms with Gasteiger partial charge in [0, 0.05) is 0 Å². The van der Waals surface area contributed by atoms with Gasteiger partial charge in [-0.1, -0.05) is 180 Å². The van der Waals surface area contributed by atoms with Gasteiger partial charge in [0.2, 0.25) is 0 Å². The topological polar surface area (TPSA) is 20.2 Å². The van der Waals surface area contributed by atoms with E-state index in [1.165, 1.54) is 42.9 Å². The zero-order valence-electron chi connectivity index (χ0n) is 29.7. The first-order valence-corrected chi connectivity index (χ1v) is 16.4. The fraction of sp³-hybridized carbons (Fsp3) is 0.524. The summed E-state index contributed by atoms with van der Waals surface area (Å²) in [7, 11) is 0. The van der Waals surface area contributed by atoms with Gasteiger partial charge in [0.25, 0.3) is 0 Å². The van der Waals surface area contributed by atoms with Crippen LogP contribution in [0.15, 0.2) is 103 Å². The molecule has 0 saturated carbocycles. The maximum Gasteiger partial charge on any atom is 0.0820 e. The molecule has 0 radical (unpaired) electrons. The molecule has 0 aliphatic rings. The van der Waals surface area contributed by atoms with Crippen LogP contribution in [0, 0.1) is 22.2 Å². The third-order valence-electron chi connectivity index (χ3n) is 9.12. The quantitative estimate of drug-likeness (QED) is 0.235.